The predicted molar refractivity (Wildman–Crippen MR) is 89.3 cm³/mol. The molecular formula is C16H28N2S. The van der Waals surface area contributed by atoms with Gasteiger partial charge in [-0.3, -0.25) is 0 Å². The van der Waals surface area contributed by atoms with E-state index in [9.17, 15) is 0 Å². The van der Waals surface area contributed by atoms with E-state index in [-0.39, 0.29) is 0 Å². The molecule has 0 saturated carbocycles. The Hall–Kier alpha value is -0.670. The highest BCUT2D eigenvalue weighted by molar-refractivity contribution is 8.00. The third-order valence-corrected chi connectivity index (χ3v) is 5.54. The average molecular weight is 280 g/mol. The van der Waals surface area contributed by atoms with Gasteiger partial charge >= 0.3 is 0 Å². The lowest BCUT2D eigenvalue weighted by molar-refractivity contribution is 0.495. The molecule has 3 heteroatoms. The summed E-state index contributed by atoms with van der Waals surface area (Å²) in [6.07, 6.45) is 4.66. The first-order chi connectivity index (χ1) is 9.06. The molecule has 0 aromatic heterocycles. The smallest absolute Gasteiger partial charge is 0.0361 e. The van der Waals surface area contributed by atoms with Crippen LogP contribution in [0, 0.1) is 0 Å². The molecule has 0 spiro atoms. The minimum Gasteiger partial charge on any atom is -0.378 e. The molecule has 0 saturated heterocycles. The largest absolute Gasteiger partial charge is 0.378 e. The van der Waals surface area contributed by atoms with E-state index in [1.54, 1.807) is 0 Å². The first-order valence-electron chi connectivity index (χ1n) is 7.09. The minimum atomic E-state index is 0.392. The molecule has 1 aromatic rings. The summed E-state index contributed by atoms with van der Waals surface area (Å²) >= 11 is 1.99. The van der Waals surface area contributed by atoms with Gasteiger partial charge in [0.05, 0.1) is 0 Å². The Bertz CT molecular complexity index is 347. The lowest BCUT2D eigenvalue weighted by Gasteiger charge is -2.30. The third kappa shape index (κ3) is 4.73. The summed E-state index contributed by atoms with van der Waals surface area (Å²) < 4.78 is 0.392. The van der Waals surface area contributed by atoms with Crippen LogP contribution in [-0.2, 0) is 6.54 Å². The van der Waals surface area contributed by atoms with Crippen LogP contribution >= 0.6 is 11.8 Å². The molecule has 2 nitrogen and oxygen atoms in total. The van der Waals surface area contributed by atoms with E-state index in [1.807, 2.05) is 11.8 Å². The van der Waals surface area contributed by atoms with Crippen molar-refractivity contribution >= 4 is 17.4 Å². The molecule has 19 heavy (non-hydrogen) atoms. The highest BCUT2D eigenvalue weighted by Gasteiger charge is 2.23. The number of hydrogen-bond donors (Lipinski definition) is 1. The number of nitrogens with one attached hydrogen (secondary N) is 1. The molecule has 0 radical (unpaired) electrons. The van der Waals surface area contributed by atoms with Crippen LogP contribution in [0.5, 0.6) is 0 Å². The summed E-state index contributed by atoms with van der Waals surface area (Å²) in [5.74, 6) is 0. The van der Waals surface area contributed by atoms with Gasteiger partial charge in [0.2, 0.25) is 0 Å². The van der Waals surface area contributed by atoms with E-state index < -0.39 is 0 Å². The van der Waals surface area contributed by atoms with Gasteiger partial charge < -0.3 is 10.2 Å². The average Bonchev–Trinajstić information content (AvgIpc) is 2.45. The fourth-order valence-electron chi connectivity index (χ4n) is 2.21. The van der Waals surface area contributed by atoms with Gasteiger partial charge in [-0.15, -0.1) is 0 Å². The Kier molecular flexibility index (Phi) is 6.73. The van der Waals surface area contributed by atoms with Crippen molar-refractivity contribution in [2.45, 2.75) is 38.0 Å². The molecule has 0 aliphatic heterocycles. The monoisotopic (exact) mass is 280 g/mol. The van der Waals surface area contributed by atoms with Crippen LogP contribution in [0.2, 0.25) is 0 Å². The standard InChI is InChI=1S/C16H28N2S/c1-6-16(7-2,19-5)13-17-12-14-8-10-15(11-9-14)18(3)4/h8-11,17H,6-7,12-13H2,1-5H3. The molecule has 0 heterocycles. The van der Waals surface area contributed by atoms with Gasteiger partial charge in [0.15, 0.2) is 0 Å². The van der Waals surface area contributed by atoms with Gasteiger partial charge in [0.1, 0.15) is 0 Å². The lowest BCUT2D eigenvalue weighted by Crippen LogP contribution is -2.36. The Morgan fingerprint density at radius 1 is 1.11 bits per heavy atom. The first kappa shape index (κ1) is 16.4. The zero-order chi connectivity index (χ0) is 14.3. The molecule has 1 N–H and O–H groups in total. The number of thioether (sulfide) groups is 1. The van der Waals surface area contributed by atoms with Crippen LogP contribution in [0.1, 0.15) is 32.3 Å². The van der Waals surface area contributed by atoms with Crippen molar-refractivity contribution in [3.8, 4) is 0 Å². The summed E-state index contributed by atoms with van der Waals surface area (Å²) in [5, 5.41) is 3.61. The maximum Gasteiger partial charge on any atom is 0.0361 e. The van der Waals surface area contributed by atoms with E-state index in [0.29, 0.717) is 4.75 Å². The van der Waals surface area contributed by atoms with E-state index >= 15 is 0 Å². The van der Waals surface area contributed by atoms with Crippen LogP contribution in [0.15, 0.2) is 24.3 Å². The summed E-state index contributed by atoms with van der Waals surface area (Å²) in [7, 11) is 4.14. The quantitative estimate of drug-likeness (QED) is 0.780. The van der Waals surface area contributed by atoms with Crippen molar-refractivity contribution in [1.29, 1.82) is 0 Å². The zero-order valence-corrected chi connectivity index (χ0v) is 13.8. The van der Waals surface area contributed by atoms with Crippen molar-refractivity contribution in [2.24, 2.45) is 0 Å². The van der Waals surface area contributed by atoms with E-state index in [2.05, 4.69) is 68.7 Å². The summed E-state index contributed by atoms with van der Waals surface area (Å²) in [6, 6.07) is 8.78. The summed E-state index contributed by atoms with van der Waals surface area (Å²) in [6.45, 7) is 6.60. The van der Waals surface area contributed by atoms with Crippen LogP contribution in [0.4, 0.5) is 5.69 Å². The van der Waals surface area contributed by atoms with Crippen LogP contribution < -0.4 is 10.2 Å². The number of rotatable bonds is 8. The summed E-state index contributed by atoms with van der Waals surface area (Å²) in [5.41, 5.74) is 2.61. The SMILES string of the molecule is CCC(CC)(CNCc1ccc(N(C)C)cc1)SC. The Morgan fingerprint density at radius 3 is 2.11 bits per heavy atom. The molecule has 0 unspecified atom stereocenters. The highest BCUT2D eigenvalue weighted by Crippen LogP contribution is 2.29. The van der Waals surface area contributed by atoms with Crippen LogP contribution in [-0.4, -0.2) is 31.6 Å². The molecule has 0 bridgehead atoms. The zero-order valence-electron chi connectivity index (χ0n) is 13.0. The highest BCUT2D eigenvalue weighted by atomic mass is 32.2. The second-order valence-electron chi connectivity index (χ2n) is 5.26. The molecule has 0 aliphatic carbocycles. The normalized spacial score (nSPS) is 11.6. The van der Waals surface area contributed by atoms with Gasteiger partial charge in [-0.1, -0.05) is 26.0 Å². The molecular weight excluding hydrogens is 252 g/mol. The minimum absolute atomic E-state index is 0.392. The molecule has 108 valence electrons. The van der Waals surface area contributed by atoms with Gasteiger partial charge in [0, 0.05) is 37.6 Å². The molecule has 0 aliphatic rings. The number of nitrogens with zero attached hydrogens (tertiary/aromatic N) is 1. The predicted octanol–water partition coefficient (Wildman–Crippen LogP) is 3.76. The molecule has 1 rings (SSSR count). The van der Waals surface area contributed by atoms with E-state index in [0.717, 1.165) is 13.1 Å². The van der Waals surface area contributed by atoms with Crippen molar-refractivity contribution in [3.05, 3.63) is 29.8 Å². The van der Waals surface area contributed by atoms with Gasteiger partial charge in [-0.05, 0) is 36.8 Å². The van der Waals surface area contributed by atoms with Gasteiger partial charge in [-0.25, -0.2) is 0 Å². The number of benzene rings is 1. The second-order valence-corrected chi connectivity index (χ2v) is 6.53. The maximum absolute atomic E-state index is 3.61. The fraction of sp³-hybridized carbons (Fsp3) is 0.625. The Balaban J connectivity index is 2.48. The molecule has 0 atom stereocenters. The Labute approximate surface area is 123 Å². The van der Waals surface area contributed by atoms with Gasteiger partial charge in [0.25, 0.3) is 0 Å². The van der Waals surface area contributed by atoms with Crippen LogP contribution in [0.25, 0.3) is 0 Å². The van der Waals surface area contributed by atoms with Gasteiger partial charge in [-0.2, -0.15) is 11.8 Å². The molecule has 1 aromatic carbocycles. The van der Waals surface area contributed by atoms with Crippen LogP contribution in [0.3, 0.4) is 0 Å². The maximum atomic E-state index is 3.61. The fourth-order valence-corrected chi connectivity index (χ4v) is 3.03. The third-order valence-electron chi connectivity index (χ3n) is 3.95. The van der Waals surface area contributed by atoms with E-state index in [4.69, 9.17) is 0 Å². The molecule has 0 fully saturated rings. The second kappa shape index (κ2) is 7.81. The lowest BCUT2D eigenvalue weighted by atomic mass is 10.0. The first-order valence-corrected chi connectivity index (χ1v) is 8.31. The number of anilines is 1. The topological polar surface area (TPSA) is 15.3 Å². The number of hydrogen-bond acceptors (Lipinski definition) is 3. The van der Waals surface area contributed by atoms with Crippen molar-refractivity contribution in [2.75, 3.05) is 31.8 Å². The summed E-state index contributed by atoms with van der Waals surface area (Å²) in [4.78, 5) is 2.13. The Morgan fingerprint density at radius 2 is 1.68 bits per heavy atom. The van der Waals surface area contributed by atoms with Crippen molar-refractivity contribution in [3.63, 3.8) is 0 Å². The molecule has 0 amide bonds. The van der Waals surface area contributed by atoms with Crippen molar-refractivity contribution < 1.29 is 0 Å². The van der Waals surface area contributed by atoms with E-state index in [1.165, 1.54) is 24.1 Å². The van der Waals surface area contributed by atoms with Crippen molar-refractivity contribution in [1.82, 2.24) is 5.32 Å².